The lowest BCUT2D eigenvalue weighted by Crippen LogP contribution is -2.52. The van der Waals surface area contributed by atoms with Crippen LogP contribution in [0.3, 0.4) is 0 Å². The Labute approximate surface area is 293 Å². The van der Waals surface area contributed by atoms with Crippen molar-refractivity contribution in [2.75, 3.05) is 18.4 Å². The van der Waals surface area contributed by atoms with Crippen LogP contribution in [0, 0.1) is 0 Å². The van der Waals surface area contributed by atoms with Crippen molar-refractivity contribution in [3.8, 4) is 5.75 Å². The fourth-order valence-electron chi connectivity index (χ4n) is 7.66. The molecular weight excluding hydrogens is 652 g/mol. The van der Waals surface area contributed by atoms with Crippen LogP contribution in [-0.4, -0.2) is 90.1 Å². The van der Waals surface area contributed by atoms with Crippen molar-refractivity contribution in [2.45, 2.75) is 77.4 Å². The SMILES string of the molecule is CC(C)Oc1cc2c(cc1NC(=O)c1cnn3cccnc13)CN(C1CCN(Cc3ccc4c(c3)CN(C3CCC(=O)NC3=O)C4=O)CC1)C2=O. The first-order chi connectivity index (χ1) is 24.6. The summed E-state index contributed by atoms with van der Waals surface area (Å²) in [6.07, 6.45) is 6.83. The summed E-state index contributed by atoms with van der Waals surface area (Å²) < 4.78 is 7.61. The van der Waals surface area contributed by atoms with E-state index in [1.165, 1.54) is 10.7 Å². The summed E-state index contributed by atoms with van der Waals surface area (Å²) >= 11 is 0. The van der Waals surface area contributed by atoms with Gasteiger partial charge in [-0.15, -0.1) is 0 Å². The van der Waals surface area contributed by atoms with E-state index in [9.17, 15) is 24.0 Å². The number of hydrogen-bond acceptors (Lipinski definition) is 9. The van der Waals surface area contributed by atoms with Gasteiger partial charge in [0.15, 0.2) is 5.65 Å². The number of amides is 5. The van der Waals surface area contributed by atoms with Crippen molar-refractivity contribution in [3.63, 3.8) is 0 Å². The summed E-state index contributed by atoms with van der Waals surface area (Å²) in [5.74, 6) is -0.862. The highest BCUT2D eigenvalue weighted by atomic mass is 16.5. The summed E-state index contributed by atoms with van der Waals surface area (Å²) in [4.78, 5) is 74.4. The molecule has 2 N–H and O–H groups in total. The first kappa shape index (κ1) is 32.6. The molecule has 1 atom stereocenters. The minimum absolute atomic E-state index is 0.0365. The number of carbonyl (C=O) groups excluding carboxylic acids is 5. The molecule has 0 radical (unpaired) electrons. The summed E-state index contributed by atoms with van der Waals surface area (Å²) in [6.45, 7) is 6.91. The third-order valence-electron chi connectivity index (χ3n) is 10.2. The molecule has 14 nitrogen and oxygen atoms in total. The second kappa shape index (κ2) is 12.9. The van der Waals surface area contributed by atoms with Crippen molar-refractivity contribution in [1.82, 2.24) is 34.6 Å². The zero-order valence-electron chi connectivity index (χ0n) is 28.4. The number of nitrogens with one attached hydrogen (secondary N) is 2. The fraction of sp³-hybridized carbons (Fsp3) is 0.378. The molecule has 0 aliphatic carbocycles. The molecule has 2 saturated heterocycles. The molecule has 51 heavy (non-hydrogen) atoms. The molecule has 14 heteroatoms. The quantitative estimate of drug-likeness (QED) is 0.265. The molecule has 0 bridgehead atoms. The van der Waals surface area contributed by atoms with Crippen molar-refractivity contribution in [2.24, 2.45) is 0 Å². The van der Waals surface area contributed by atoms with E-state index in [2.05, 4.69) is 25.6 Å². The third-order valence-corrected chi connectivity index (χ3v) is 10.2. The van der Waals surface area contributed by atoms with E-state index >= 15 is 0 Å². The molecule has 2 aromatic heterocycles. The lowest BCUT2D eigenvalue weighted by Gasteiger charge is -2.36. The Morgan fingerprint density at radius 2 is 1.75 bits per heavy atom. The number of fused-ring (bicyclic) bond motifs is 3. The molecule has 0 spiro atoms. The average Bonchev–Trinajstić information content (AvgIpc) is 3.78. The Morgan fingerprint density at radius 1 is 0.980 bits per heavy atom. The zero-order valence-corrected chi connectivity index (χ0v) is 28.4. The van der Waals surface area contributed by atoms with E-state index in [0.29, 0.717) is 59.8 Å². The van der Waals surface area contributed by atoms with Crippen molar-refractivity contribution < 1.29 is 28.7 Å². The number of benzene rings is 2. The normalized spacial score (nSPS) is 19.5. The number of imide groups is 1. The first-order valence-electron chi connectivity index (χ1n) is 17.4. The highest BCUT2D eigenvalue weighted by Gasteiger charge is 2.40. The largest absolute Gasteiger partial charge is 0.489 e. The van der Waals surface area contributed by atoms with E-state index in [0.717, 1.165) is 42.6 Å². The molecule has 5 amide bonds. The Balaban J connectivity index is 0.912. The molecule has 8 rings (SSSR count). The summed E-state index contributed by atoms with van der Waals surface area (Å²) in [5.41, 5.74) is 5.27. The number of piperidine rings is 2. The predicted molar refractivity (Wildman–Crippen MR) is 184 cm³/mol. The topological polar surface area (TPSA) is 159 Å². The van der Waals surface area contributed by atoms with Gasteiger partial charge in [0, 0.05) is 68.7 Å². The van der Waals surface area contributed by atoms with Crippen molar-refractivity contribution in [3.05, 3.63) is 88.4 Å². The predicted octanol–water partition coefficient (Wildman–Crippen LogP) is 3.15. The lowest BCUT2D eigenvalue weighted by molar-refractivity contribution is -0.136. The van der Waals surface area contributed by atoms with Crippen molar-refractivity contribution >= 4 is 40.9 Å². The number of likely N-dealkylation sites (tertiary alicyclic amines) is 1. The van der Waals surface area contributed by atoms with Crippen LogP contribution in [0.1, 0.15) is 87.3 Å². The third kappa shape index (κ3) is 6.09. The maximum Gasteiger partial charge on any atom is 0.261 e. The minimum atomic E-state index is -0.634. The highest BCUT2D eigenvalue weighted by molar-refractivity contribution is 6.09. The zero-order chi connectivity index (χ0) is 35.4. The molecular formula is C37H38N8O6. The molecule has 0 saturated carbocycles. The van der Waals surface area contributed by atoms with Gasteiger partial charge in [0.25, 0.3) is 17.7 Å². The minimum Gasteiger partial charge on any atom is -0.489 e. The number of ether oxygens (including phenoxy) is 1. The Hall–Kier alpha value is -5.63. The fourth-order valence-corrected chi connectivity index (χ4v) is 7.66. The number of aromatic nitrogens is 3. The molecule has 262 valence electrons. The molecule has 2 fully saturated rings. The van der Waals surface area contributed by atoms with Crippen LogP contribution in [0.4, 0.5) is 5.69 Å². The molecule has 4 aliphatic heterocycles. The van der Waals surface area contributed by atoms with Crippen LogP contribution >= 0.6 is 0 Å². The van der Waals surface area contributed by atoms with Gasteiger partial charge in [0.05, 0.1) is 18.0 Å². The van der Waals surface area contributed by atoms with Crippen LogP contribution in [0.15, 0.2) is 55.0 Å². The number of nitrogens with zero attached hydrogens (tertiary/aromatic N) is 6. The number of carbonyl (C=O) groups is 5. The molecule has 4 aromatic rings. The second-order valence-corrected chi connectivity index (χ2v) is 13.9. The lowest BCUT2D eigenvalue weighted by atomic mass is 10.0. The first-order valence-corrected chi connectivity index (χ1v) is 17.4. The Bertz CT molecular complexity index is 2100. The van der Waals surface area contributed by atoms with E-state index < -0.39 is 11.9 Å². The van der Waals surface area contributed by atoms with Gasteiger partial charge >= 0.3 is 0 Å². The van der Waals surface area contributed by atoms with Crippen LogP contribution in [0.2, 0.25) is 0 Å². The van der Waals surface area contributed by atoms with E-state index in [4.69, 9.17) is 4.74 Å². The second-order valence-electron chi connectivity index (χ2n) is 13.9. The molecule has 6 heterocycles. The van der Waals surface area contributed by atoms with E-state index in [1.54, 1.807) is 29.4 Å². The average molecular weight is 691 g/mol. The van der Waals surface area contributed by atoms with Gasteiger partial charge < -0.3 is 19.9 Å². The monoisotopic (exact) mass is 690 g/mol. The van der Waals surface area contributed by atoms with Gasteiger partial charge in [-0.05, 0) is 74.1 Å². The number of rotatable bonds is 8. The Morgan fingerprint density at radius 3 is 2.53 bits per heavy atom. The number of hydrogen-bond donors (Lipinski definition) is 2. The van der Waals surface area contributed by atoms with Crippen LogP contribution in [0.5, 0.6) is 5.75 Å². The van der Waals surface area contributed by atoms with Crippen molar-refractivity contribution in [1.29, 1.82) is 0 Å². The maximum atomic E-state index is 13.8. The Kier molecular flexibility index (Phi) is 8.25. The molecule has 4 aliphatic rings. The van der Waals surface area contributed by atoms with Crippen LogP contribution < -0.4 is 15.4 Å². The smallest absolute Gasteiger partial charge is 0.261 e. The maximum absolute atomic E-state index is 13.8. The van der Waals surface area contributed by atoms with Gasteiger partial charge in [-0.3, -0.25) is 34.2 Å². The van der Waals surface area contributed by atoms with E-state index in [1.807, 2.05) is 43.0 Å². The van der Waals surface area contributed by atoms with Gasteiger partial charge in [-0.25, -0.2) is 9.50 Å². The van der Waals surface area contributed by atoms with E-state index in [-0.39, 0.29) is 42.2 Å². The summed E-state index contributed by atoms with van der Waals surface area (Å²) in [6, 6.07) is 10.6. The van der Waals surface area contributed by atoms with Gasteiger partial charge in [0.2, 0.25) is 11.8 Å². The number of anilines is 1. The molecule has 2 aromatic carbocycles. The standard InChI is InChI=1S/C37H38N8O6/c1-21(2)51-31-16-27-24(15-29(31)40-34(47)28-17-39-45-11-3-10-38-33(28)45)19-43(37(27)50)25-8-12-42(13-9-25)18-22-4-5-26-23(14-22)20-44(36(26)49)30-6-7-32(46)41-35(30)48/h3-5,10-11,14-17,21,25,30H,6-9,12-13,18-20H2,1-2H3,(H,40,47)(H,41,46,48). The summed E-state index contributed by atoms with van der Waals surface area (Å²) in [5, 5.41) is 9.55. The van der Waals surface area contributed by atoms with Crippen LogP contribution in [0.25, 0.3) is 5.65 Å². The van der Waals surface area contributed by atoms with Gasteiger partial charge in [-0.1, -0.05) is 12.1 Å². The van der Waals surface area contributed by atoms with Crippen LogP contribution in [-0.2, 0) is 29.2 Å². The summed E-state index contributed by atoms with van der Waals surface area (Å²) in [7, 11) is 0. The van der Waals surface area contributed by atoms with Gasteiger partial charge in [0.1, 0.15) is 17.4 Å². The highest BCUT2D eigenvalue weighted by Crippen LogP contribution is 2.37. The molecule has 1 unspecified atom stereocenters. The van der Waals surface area contributed by atoms with Gasteiger partial charge in [-0.2, -0.15) is 5.10 Å².